The first-order valence-corrected chi connectivity index (χ1v) is 6.36. The predicted molar refractivity (Wildman–Crippen MR) is 66.2 cm³/mol. The van der Waals surface area contributed by atoms with Crippen LogP contribution in [0.1, 0.15) is 33.6 Å². The fraction of sp³-hybridized carbons (Fsp3) is 0.917. The van der Waals surface area contributed by atoms with Crippen molar-refractivity contribution in [3.63, 3.8) is 0 Å². The summed E-state index contributed by atoms with van der Waals surface area (Å²) in [5, 5.41) is 5.50. The second-order valence-electron chi connectivity index (χ2n) is 5.70. The lowest BCUT2D eigenvalue weighted by molar-refractivity contribution is -0.211. The SMILES string of the molecule is CC(C)(C)OC(=O)NCC1(OC(F)F)CCCNC1. The summed E-state index contributed by atoms with van der Waals surface area (Å²) in [4.78, 5) is 11.5. The molecule has 1 saturated heterocycles. The van der Waals surface area contributed by atoms with Crippen LogP contribution in [0.5, 0.6) is 0 Å². The first kappa shape index (κ1) is 16.1. The molecular weight excluding hydrogens is 258 g/mol. The van der Waals surface area contributed by atoms with Crippen molar-refractivity contribution >= 4 is 6.09 Å². The van der Waals surface area contributed by atoms with Crippen molar-refractivity contribution in [3.8, 4) is 0 Å². The summed E-state index contributed by atoms with van der Waals surface area (Å²) in [6, 6.07) is 0. The topological polar surface area (TPSA) is 59.6 Å². The number of nitrogens with one attached hydrogen (secondary N) is 2. The molecule has 0 aliphatic carbocycles. The summed E-state index contributed by atoms with van der Waals surface area (Å²) in [5.41, 5.74) is -1.69. The molecule has 0 bridgehead atoms. The number of hydrogen-bond acceptors (Lipinski definition) is 4. The molecule has 112 valence electrons. The molecule has 0 radical (unpaired) electrons. The minimum atomic E-state index is -2.86. The van der Waals surface area contributed by atoms with E-state index in [2.05, 4.69) is 10.6 Å². The van der Waals surface area contributed by atoms with Crippen molar-refractivity contribution in [2.24, 2.45) is 0 Å². The van der Waals surface area contributed by atoms with Crippen LogP contribution < -0.4 is 10.6 Å². The Balaban J connectivity index is 2.51. The Morgan fingerprint density at radius 1 is 1.47 bits per heavy atom. The van der Waals surface area contributed by atoms with Gasteiger partial charge < -0.3 is 20.1 Å². The largest absolute Gasteiger partial charge is 0.444 e. The summed E-state index contributed by atoms with van der Waals surface area (Å²) in [7, 11) is 0. The summed E-state index contributed by atoms with van der Waals surface area (Å²) in [5.74, 6) is 0. The van der Waals surface area contributed by atoms with Crippen molar-refractivity contribution in [1.29, 1.82) is 0 Å². The number of amides is 1. The molecule has 0 aromatic rings. The Morgan fingerprint density at radius 3 is 2.63 bits per heavy atom. The number of carbonyl (C=O) groups excluding carboxylic acids is 1. The van der Waals surface area contributed by atoms with Crippen molar-refractivity contribution in [2.45, 2.75) is 51.4 Å². The maximum absolute atomic E-state index is 12.5. The Hall–Kier alpha value is -0.950. The zero-order valence-corrected chi connectivity index (χ0v) is 11.6. The molecule has 1 aliphatic heterocycles. The summed E-state index contributed by atoms with van der Waals surface area (Å²) in [6.45, 7) is 3.40. The molecule has 7 heteroatoms. The fourth-order valence-electron chi connectivity index (χ4n) is 1.97. The maximum atomic E-state index is 12.5. The smallest absolute Gasteiger partial charge is 0.407 e. The third-order valence-electron chi connectivity index (χ3n) is 2.73. The van der Waals surface area contributed by atoms with Crippen LogP contribution in [-0.4, -0.2) is 43.5 Å². The van der Waals surface area contributed by atoms with E-state index in [4.69, 9.17) is 9.47 Å². The Labute approximate surface area is 112 Å². The third-order valence-corrected chi connectivity index (χ3v) is 2.73. The highest BCUT2D eigenvalue weighted by Gasteiger charge is 2.36. The highest BCUT2D eigenvalue weighted by atomic mass is 19.3. The lowest BCUT2D eigenvalue weighted by Crippen LogP contribution is -2.55. The summed E-state index contributed by atoms with van der Waals surface area (Å²) < 4.78 is 34.7. The van der Waals surface area contributed by atoms with Gasteiger partial charge in [-0.1, -0.05) is 0 Å². The van der Waals surface area contributed by atoms with E-state index in [9.17, 15) is 13.6 Å². The molecule has 0 aromatic heterocycles. The van der Waals surface area contributed by atoms with Gasteiger partial charge in [-0.15, -0.1) is 0 Å². The number of carbonyl (C=O) groups is 1. The molecule has 1 aliphatic rings. The van der Waals surface area contributed by atoms with E-state index in [-0.39, 0.29) is 13.1 Å². The standard InChI is InChI=1S/C12H22F2N2O3/c1-11(2,3)19-10(17)16-8-12(18-9(13)14)5-4-6-15-7-12/h9,15H,4-8H2,1-3H3,(H,16,17). The Bertz CT molecular complexity index is 300. The van der Waals surface area contributed by atoms with Crippen LogP contribution in [0.25, 0.3) is 0 Å². The second kappa shape index (κ2) is 6.47. The van der Waals surface area contributed by atoms with Gasteiger partial charge in [0, 0.05) is 6.54 Å². The molecule has 1 heterocycles. The number of alkyl halides is 2. The molecule has 0 saturated carbocycles. The molecule has 5 nitrogen and oxygen atoms in total. The highest BCUT2D eigenvalue weighted by molar-refractivity contribution is 5.67. The van der Waals surface area contributed by atoms with Crippen molar-refractivity contribution in [1.82, 2.24) is 10.6 Å². The fourth-order valence-corrected chi connectivity index (χ4v) is 1.97. The molecule has 1 unspecified atom stereocenters. The predicted octanol–water partition coefficient (Wildman–Crippen LogP) is 1.87. The first-order valence-electron chi connectivity index (χ1n) is 6.36. The highest BCUT2D eigenvalue weighted by Crippen LogP contribution is 2.23. The van der Waals surface area contributed by atoms with Gasteiger partial charge in [0.2, 0.25) is 0 Å². The van der Waals surface area contributed by atoms with E-state index in [1.165, 1.54) is 0 Å². The van der Waals surface area contributed by atoms with Crippen LogP contribution in [0, 0.1) is 0 Å². The van der Waals surface area contributed by atoms with Gasteiger partial charge in [0.1, 0.15) is 11.2 Å². The van der Waals surface area contributed by atoms with Crippen LogP contribution in [-0.2, 0) is 9.47 Å². The summed E-state index contributed by atoms with van der Waals surface area (Å²) >= 11 is 0. The molecule has 1 rings (SSSR count). The Morgan fingerprint density at radius 2 is 2.16 bits per heavy atom. The molecule has 0 aromatic carbocycles. The lowest BCUT2D eigenvalue weighted by atomic mass is 9.94. The number of hydrogen-bond donors (Lipinski definition) is 2. The quantitative estimate of drug-likeness (QED) is 0.825. The zero-order valence-electron chi connectivity index (χ0n) is 11.6. The van der Waals surface area contributed by atoms with E-state index in [0.29, 0.717) is 6.42 Å². The maximum Gasteiger partial charge on any atom is 0.407 e. The number of rotatable bonds is 4. The minimum absolute atomic E-state index is 0.000741. The third kappa shape index (κ3) is 6.15. The van der Waals surface area contributed by atoms with Crippen LogP contribution in [0.3, 0.4) is 0 Å². The van der Waals surface area contributed by atoms with Gasteiger partial charge in [-0.3, -0.25) is 0 Å². The van der Waals surface area contributed by atoms with E-state index >= 15 is 0 Å². The van der Waals surface area contributed by atoms with Crippen molar-refractivity contribution in [3.05, 3.63) is 0 Å². The molecule has 0 spiro atoms. The number of ether oxygens (including phenoxy) is 2. The van der Waals surface area contributed by atoms with Gasteiger partial charge in [-0.25, -0.2) is 4.79 Å². The van der Waals surface area contributed by atoms with E-state index in [1.54, 1.807) is 20.8 Å². The van der Waals surface area contributed by atoms with E-state index in [1.807, 2.05) is 0 Å². The van der Waals surface area contributed by atoms with Gasteiger partial charge in [0.05, 0.1) is 6.54 Å². The molecule has 19 heavy (non-hydrogen) atoms. The van der Waals surface area contributed by atoms with Gasteiger partial charge in [-0.05, 0) is 40.2 Å². The molecule has 1 amide bonds. The summed E-state index contributed by atoms with van der Waals surface area (Å²) in [6.07, 6.45) is 0.568. The van der Waals surface area contributed by atoms with Crippen LogP contribution in [0.4, 0.5) is 13.6 Å². The van der Waals surface area contributed by atoms with E-state index < -0.39 is 23.9 Å². The van der Waals surface area contributed by atoms with Crippen LogP contribution >= 0.6 is 0 Å². The van der Waals surface area contributed by atoms with Gasteiger partial charge >= 0.3 is 12.7 Å². The number of piperidine rings is 1. The lowest BCUT2D eigenvalue weighted by Gasteiger charge is -2.37. The number of halogens is 2. The van der Waals surface area contributed by atoms with Crippen molar-refractivity contribution < 1.29 is 23.0 Å². The molecule has 1 atom stereocenters. The minimum Gasteiger partial charge on any atom is -0.444 e. The van der Waals surface area contributed by atoms with Gasteiger partial charge in [0.25, 0.3) is 0 Å². The Kier molecular flexibility index (Phi) is 5.49. The monoisotopic (exact) mass is 280 g/mol. The molecular formula is C12H22F2N2O3. The molecule has 2 N–H and O–H groups in total. The van der Waals surface area contributed by atoms with Crippen LogP contribution in [0.15, 0.2) is 0 Å². The first-order chi connectivity index (χ1) is 8.72. The normalized spacial score (nSPS) is 24.3. The van der Waals surface area contributed by atoms with Crippen LogP contribution in [0.2, 0.25) is 0 Å². The second-order valence-corrected chi connectivity index (χ2v) is 5.70. The average molecular weight is 280 g/mol. The van der Waals surface area contributed by atoms with Gasteiger partial charge in [-0.2, -0.15) is 8.78 Å². The number of alkyl carbamates (subject to hydrolysis) is 1. The van der Waals surface area contributed by atoms with E-state index in [0.717, 1.165) is 13.0 Å². The van der Waals surface area contributed by atoms with Gasteiger partial charge in [0.15, 0.2) is 0 Å². The van der Waals surface area contributed by atoms with Crippen molar-refractivity contribution in [2.75, 3.05) is 19.6 Å². The zero-order chi connectivity index (χ0) is 14.5. The average Bonchev–Trinajstić information content (AvgIpc) is 2.24. The molecule has 1 fully saturated rings.